The molecule has 1 aliphatic rings. The normalized spacial score (nSPS) is 17.8. The first kappa shape index (κ1) is 15.1. The molecular formula is C18H22N6. The molecule has 1 saturated heterocycles. The maximum Gasteiger partial charge on any atom is 0.165 e. The minimum Gasteiger partial charge on any atom is -0.354 e. The monoisotopic (exact) mass is 322 g/mol. The van der Waals surface area contributed by atoms with Crippen molar-refractivity contribution in [2.24, 2.45) is 0 Å². The summed E-state index contributed by atoms with van der Waals surface area (Å²) < 4.78 is 2.16. The Bertz CT molecular complexity index is 913. The third-order valence-electron chi connectivity index (χ3n) is 4.76. The number of anilines is 1. The van der Waals surface area contributed by atoms with Crippen molar-refractivity contribution in [2.45, 2.75) is 40.2 Å². The Balaban J connectivity index is 1.71. The fourth-order valence-corrected chi connectivity index (χ4v) is 3.78. The van der Waals surface area contributed by atoms with Gasteiger partial charge in [0.1, 0.15) is 12.1 Å². The molecule has 124 valence electrons. The largest absolute Gasteiger partial charge is 0.354 e. The molecule has 0 spiro atoms. The van der Waals surface area contributed by atoms with Gasteiger partial charge < -0.3 is 4.90 Å². The molecule has 0 amide bonds. The van der Waals surface area contributed by atoms with E-state index >= 15 is 0 Å². The zero-order valence-electron chi connectivity index (χ0n) is 14.6. The Morgan fingerprint density at radius 1 is 1.04 bits per heavy atom. The average Bonchev–Trinajstić information content (AvgIpc) is 3.12. The number of hydrogen-bond donors (Lipinski definition) is 0. The molecule has 6 nitrogen and oxygen atoms in total. The number of hydrogen-bond acceptors (Lipinski definition) is 5. The average molecular weight is 322 g/mol. The van der Waals surface area contributed by atoms with Crippen molar-refractivity contribution in [1.29, 1.82) is 0 Å². The molecule has 0 radical (unpaired) electrons. The van der Waals surface area contributed by atoms with Gasteiger partial charge in [-0.25, -0.2) is 15.0 Å². The molecule has 0 N–H and O–H groups in total. The lowest BCUT2D eigenvalue weighted by Gasteiger charge is -2.20. The summed E-state index contributed by atoms with van der Waals surface area (Å²) in [6, 6.07) is 4.63. The van der Waals surface area contributed by atoms with E-state index in [0.717, 1.165) is 47.7 Å². The van der Waals surface area contributed by atoms with Crippen LogP contribution in [0, 0.1) is 27.7 Å². The zero-order chi connectivity index (χ0) is 16.8. The Labute approximate surface area is 141 Å². The molecule has 3 aromatic rings. The van der Waals surface area contributed by atoms with Crippen LogP contribution in [0.5, 0.6) is 0 Å². The fraction of sp³-hybridized carbons (Fsp3) is 0.444. The predicted molar refractivity (Wildman–Crippen MR) is 94.4 cm³/mol. The summed E-state index contributed by atoms with van der Waals surface area (Å²) in [5.41, 5.74) is 5.26. The van der Waals surface area contributed by atoms with E-state index in [4.69, 9.17) is 0 Å². The fourth-order valence-electron chi connectivity index (χ4n) is 3.78. The lowest BCUT2D eigenvalue weighted by atomic mass is 10.1. The molecule has 1 fully saturated rings. The first-order chi connectivity index (χ1) is 11.5. The molecular weight excluding hydrogens is 300 g/mol. The molecule has 0 aromatic carbocycles. The van der Waals surface area contributed by atoms with E-state index in [2.05, 4.69) is 55.6 Å². The number of rotatable bonds is 2. The van der Waals surface area contributed by atoms with Gasteiger partial charge in [0, 0.05) is 24.5 Å². The van der Waals surface area contributed by atoms with E-state index in [1.54, 1.807) is 6.33 Å². The van der Waals surface area contributed by atoms with Gasteiger partial charge in [0.05, 0.1) is 17.1 Å². The van der Waals surface area contributed by atoms with Crippen LogP contribution in [0.4, 0.5) is 5.82 Å². The molecule has 24 heavy (non-hydrogen) atoms. The first-order valence-corrected chi connectivity index (χ1v) is 8.39. The lowest BCUT2D eigenvalue weighted by molar-refractivity contribution is 0.481. The highest BCUT2D eigenvalue weighted by atomic mass is 15.3. The number of aryl methyl sites for hydroxylation is 4. The summed E-state index contributed by atoms with van der Waals surface area (Å²) >= 11 is 0. The van der Waals surface area contributed by atoms with Gasteiger partial charge in [0.25, 0.3) is 0 Å². The highest BCUT2D eigenvalue weighted by Crippen LogP contribution is 2.31. The molecule has 4 rings (SSSR count). The Hall–Kier alpha value is -2.50. The van der Waals surface area contributed by atoms with E-state index in [1.165, 1.54) is 11.3 Å². The molecule has 1 aliphatic heterocycles. The van der Waals surface area contributed by atoms with Crippen LogP contribution in [0.2, 0.25) is 0 Å². The molecule has 0 saturated carbocycles. The molecule has 6 heteroatoms. The summed E-state index contributed by atoms with van der Waals surface area (Å²) in [5, 5.41) is 5.72. The van der Waals surface area contributed by atoms with Crippen LogP contribution >= 0.6 is 0 Å². The topological polar surface area (TPSA) is 59.7 Å². The van der Waals surface area contributed by atoms with Crippen molar-refractivity contribution < 1.29 is 0 Å². The van der Waals surface area contributed by atoms with Gasteiger partial charge in [-0.1, -0.05) is 0 Å². The van der Waals surface area contributed by atoms with Gasteiger partial charge in [-0.05, 0) is 51.8 Å². The maximum atomic E-state index is 4.66. The van der Waals surface area contributed by atoms with Gasteiger partial charge in [0.15, 0.2) is 5.65 Å². The number of aromatic nitrogens is 5. The van der Waals surface area contributed by atoms with Crippen LogP contribution in [0.25, 0.3) is 11.0 Å². The van der Waals surface area contributed by atoms with Crippen molar-refractivity contribution in [3.63, 3.8) is 0 Å². The van der Waals surface area contributed by atoms with E-state index < -0.39 is 0 Å². The summed E-state index contributed by atoms with van der Waals surface area (Å²) in [4.78, 5) is 15.9. The minimum atomic E-state index is 0.391. The van der Waals surface area contributed by atoms with Crippen molar-refractivity contribution in [3.8, 4) is 0 Å². The van der Waals surface area contributed by atoms with E-state index in [-0.39, 0.29) is 0 Å². The summed E-state index contributed by atoms with van der Waals surface area (Å²) in [7, 11) is 0. The maximum absolute atomic E-state index is 4.66. The van der Waals surface area contributed by atoms with Crippen LogP contribution in [-0.4, -0.2) is 37.8 Å². The third kappa shape index (κ3) is 2.42. The molecule has 0 aliphatic carbocycles. The van der Waals surface area contributed by atoms with Crippen molar-refractivity contribution in [3.05, 3.63) is 41.1 Å². The zero-order valence-corrected chi connectivity index (χ0v) is 14.6. The van der Waals surface area contributed by atoms with Gasteiger partial charge in [-0.15, -0.1) is 0 Å². The van der Waals surface area contributed by atoms with Gasteiger partial charge in [-0.3, -0.25) is 4.68 Å². The second-order valence-electron chi connectivity index (χ2n) is 6.74. The van der Waals surface area contributed by atoms with Crippen LogP contribution in [-0.2, 0) is 0 Å². The van der Waals surface area contributed by atoms with Crippen LogP contribution in [0.3, 0.4) is 0 Å². The van der Waals surface area contributed by atoms with Crippen LogP contribution < -0.4 is 4.90 Å². The Morgan fingerprint density at radius 3 is 2.62 bits per heavy atom. The predicted octanol–water partition coefficient (Wildman–Crippen LogP) is 2.91. The second-order valence-corrected chi connectivity index (χ2v) is 6.74. The molecule has 3 aromatic heterocycles. The number of pyridine rings is 1. The standard InChI is InChI=1S/C18H22N6/c1-11-7-12(2)21-17-16(11)18(20-10-19-17)23-6-5-15(9-23)24-14(4)8-13(3)22-24/h7-8,10,15H,5-6,9H2,1-4H3/t15-/m1/s1. The van der Waals surface area contributed by atoms with Crippen LogP contribution in [0.15, 0.2) is 18.5 Å². The van der Waals surface area contributed by atoms with E-state index in [1.807, 2.05) is 13.8 Å². The van der Waals surface area contributed by atoms with Crippen LogP contribution in [0.1, 0.15) is 35.1 Å². The SMILES string of the molecule is Cc1cc(C)c2c(N3CC[C@@H](n4nc(C)cc4C)C3)ncnc2n1. The van der Waals surface area contributed by atoms with Gasteiger partial charge in [0.2, 0.25) is 0 Å². The summed E-state index contributed by atoms with van der Waals surface area (Å²) in [6.45, 7) is 10.2. The quantitative estimate of drug-likeness (QED) is 0.726. The van der Waals surface area contributed by atoms with Crippen molar-refractivity contribution >= 4 is 16.9 Å². The van der Waals surface area contributed by atoms with E-state index in [0.29, 0.717) is 6.04 Å². The van der Waals surface area contributed by atoms with Crippen molar-refractivity contribution in [2.75, 3.05) is 18.0 Å². The smallest absolute Gasteiger partial charge is 0.165 e. The number of nitrogens with zero attached hydrogens (tertiary/aromatic N) is 6. The molecule has 4 heterocycles. The highest BCUT2D eigenvalue weighted by molar-refractivity contribution is 5.90. The van der Waals surface area contributed by atoms with Gasteiger partial charge in [-0.2, -0.15) is 5.10 Å². The molecule has 0 unspecified atom stereocenters. The molecule has 0 bridgehead atoms. The first-order valence-electron chi connectivity index (χ1n) is 8.39. The summed E-state index contributed by atoms with van der Waals surface area (Å²) in [5.74, 6) is 0.994. The van der Waals surface area contributed by atoms with E-state index in [9.17, 15) is 0 Å². The third-order valence-corrected chi connectivity index (χ3v) is 4.76. The molecule has 1 atom stereocenters. The second kappa shape index (κ2) is 5.54. The summed E-state index contributed by atoms with van der Waals surface area (Å²) in [6.07, 6.45) is 2.70. The van der Waals surface area contributed by atoms with Crippen molar-refractivity contribution in [1.82, 2.24) is 24.7 Å². The number of fused-ring (bicyclic) bond motifs is 1. The lowest BCUT2D eigenvalue weighted by Crippen LogP contribution is -2.23. The Morgan fingerprint density at radius 2 is 1.88 bits per heavy atom. The Kier molecular flexibility index (Phi) is 3.48. The van der Waals surface area contributed by atoms with Gasteiger partial charge >= 0.3 is 0 Å². The minimum absolute atomic E-state index is 0.391. The highest BCUT2D eigenvalue weighted by Gasteiger charge is 2.28.